The number of hydrogen-bond acceptors (Lipinski definition) is 14. The van der Waals surface area contributed by atoms with E-state index in [9.17, 15) is 24.3 Å². The lowest BCUT2D eigenvalue weighted by Crippen LogP contribution is -2.50. The maximum atomic E-state index is 12.6. The molecular formula is C57H72ClN8O10-. The maximum absolute atomic E-state index is 12.6. The average molecular weight is 1060 g/mol. The van der Waals surface area contributed by atoms with Gasteiger partial charge < -0.3 is 35.7 Å². The summed E-state index contributed by atoms with van der Waals surface area (Å²) in [4.78, 5) is 56.6. The molecule has 4 aromatic carbocycles. The summed E-state index contributed by atoms with van der Waals surface area (Å²) < 4.78 is 15.8. The molecular weight excluding hydrogens is 992 g/mol. The van der Waals surface area contributed by atoms with Gasteiger partial charge >= 0.3 is 0 Å². The molecule has 8 N–H and O–H groups in total. The van der Waals surface area contributed by atoms with Crippen molar-refractivity contribution in [3.05, 3.63) is 154 Å². The Balaban J connectivity index is 0.000000508. The van der Waals surface area contributed by atoms with E-state index in [-0.39, 0.29) is 39.4 Å². The Morgan fingerprint density at radius 1 is 0.671 bits per heavy atom. The number of amides is 4. The number of hydroxylamine groups is 2. The zero-order chi connectivity index (χ0) is 52.4. The highest BCUT2D eigenvalue weighted by atomic mass is 35.5. The van der Waals surface area contributed by atoms with Crippen LogP contribution in [0.2, 0.25) is 0 Å². The number of aliphatic imine (C=N–C) groups is 1. The summed E-state index contributed by atoms with van der Waals surface area (Å²) in [5.41, 5.74) is 14.4. The molecule has 18 nitrogen and oxygen atoms in total. The molecule has 2 heterocycles. The molecule has 2 aliphatic heterocycles. The summed E-state index contributed by atoms with van der Waals surface area (Å²) in [7, 11) is 0. The van der Waals surface area contributed by atoms with Crippen molar-refractivity contribution < 1.29 is 48.9 Å². The van der Waals surface area contributed by atoms with Crippen LogP contribution in [0.25, 0.3) is 12.2 Å². The van der Waals surface area contributed by atoms with E-state index in [1.54, 1.807) is 81.5 Å². The van der Waals surface area contributed by atoms with Gasteiger partial charge in [-0.15, -0.1) is 12.4 Å². The Morgan fingerprint density at radius 2 is 1.05 bits per heavy atom. The van der Waals surface area contributed by atoms with Crippen LogP contribution in [0, 0.1) is 23.7 Å². The number of carbonyl (C=O) groups is 4. The van der Waals surface area contributed by atoms with Crippen molar-refractivity contribution in [3.63, 3.8) is 0 Å². The molecule has 0 unspecified atom stereocenters. The first kappa shape index (κ1) is 64.8. The molecule has 0 radical (unpaired) electrons. The Bertz CT molecular complexity index is 2640. The van der Waals surface area contributed by atoms with Crippen molar-refractivity contribution in [2.45, 2.75) is 66.4 Å². The van der Waals surface area contributed by atoms with E-state index in [1.165, 1.54) is 22.1 Å². The molecule has 2 aliphatic rings. The van der Waals surface area contributed by atoms with Crippen LogP contribution in [0.5, 0.6) is 0 Å². The van der Waals surface area contributed by atoms with Crippen LogP contribution in [0.15, 0.2) is 114 Å². The topological polar surface area (TPSA) is 252 Å². The summed E-state index contributed by atoms with van der Waals surface area (Å²) in [5.74, 6) is 9.28. The van der Waals surface area contributed by atoms with Gasteiger partial charge in [-0.1, -0.05) is 108 Å². The molecule has 6 rings (SSSR count). The number of nitrogens with two attached hydrogens (primary N) is 1. The molecule has 4 aromatic rings. The standard InChI is InChI=1S/C30H36N4O6.C25H28N4O4.2CH4.ClH/c1-30(2,3)40-29(37)31-20-26(28(36)33-38)32-27(35)25-14-12-23(13-15-25)7-5-4-6-22-8-10-24(11-9-22)21-34-16-18-39-19-17-34;26-17-23(25(31)28-32)27-24(30)22-11-9-20(10-12-22)4-2-1-3-19-5-7-21(8-6-19)18-29-13-15-33-16-14-29;;;/h4,6,8-15,26,38H,16-21H2,1-3H3,(H,31,37)(H,32,35)(H,33,36);1,3,5-12,23,32H,13-18,26H2,(H,27,30)(H,28,31);2*1H4;1H/p-1/b6-4+;3-1+;;;/t26-;23-;;;/m00.../s1. The van der Waals surface area contributed by atoms with Gasteiger partial charge in [0.2, 0.25) is 0 Å². The Labute approximate surface area is 453 Å². The summed E-state index contributed by atoms with van der Waals surface area (Å²) >= 11 is 0. The molecule has 76 heavy (non-hydrogen) atoms. The molecule has 0 bridgehead atoms. The van der Waals surface area contributed by atoms with Gasteiger partial charge in [-0.05, 0) is 95.1 Å². The van der Waals surface area contributed by atoms with Gasteiger partial charge in [-0.25, -0.2) is 11.0 Å². The van der Waals surface area contributed by atoms with Crippen LogP contribution in [-0.4, -0.2) is 133 Å². The van der Waals surface area contributed by atoms with Crippen LogP contribution < -0.4 is 32.4 Å². The van der Waals surface area contributed by atoms with Crippen LogP contribution in [0.3, 0.4) is 0 Å². The number of morpholine rings is 2. The summed E-state index contributed by atoms with van der Waals surface area (Å²) in [6, 6.07) is 27.6. The van der Waals surface area contributed by atoms with E-state index >= 15 is 0 Å². The van der Waals surface area contributed by atoms with E-state index < -0.39 is 53.9 Å². The van der Waals surface area contributed by atoms with Crippen LogP contribution in [0.4, 0.5) is 0 Å². The van der Waals surface area contributed by atoms with Crippen molar-refractivity contribution >= 4 is 54.3 Å². The first-order valence-electron chi connectivity index (χ1n) is 23.7. The average Bonchev–Trinajstić information content (AvgIpc) is 3.40. The largest absolute Gasteiger partial charge is 0.595 e. The molecule has 19 heteroatoms. The first-order valence-corrected chi connectivity index (χ1v) is 23.7. The molecule has 2 saturated heterocycles. The number of allylic oxidation sites excluding steroid dienone is 2. The van der Waals surface area contributed by atoms with Gasteiger partial charge in [0.25, 0.3) is 23.6 Å². The molecule has 2 atom stereocenters. The molecule has 2 fully saturated rings. The second-order valence-corrected chi connectivity index (χ2v) is 17.7. The van der Waals surface area contributed by atoms with E-state index in [0.29, 0.717) is 11.1 Å². The number of nitrogens with zero attached hydrogens (tertiary/aromatic N) is 3. The van der Waals surface area contributed by atoms with Crippen LogP contribution in [-0.2, 0) is 36.9 Å². The molecule has 0 aliphatic carbocycles. The normalized spacial score (nSPS) is 14.4. The molecule has 4 amide bonds. The third kappa shape index (κ3) is 23.5. The number of carbonyl (C=O) groups excluding carboxylic acids is 4. The lowest BCUT2D eigenvalue weighted by atomic mass is 10.1. The molecule has 0 spiro atoms. The number of halogens is 1. The number of hydrogen-bond donors (Lipinski definition) is 7. The van der Waals surface area contributed by atoms with Crippen molar-refractivity contribution in [2.24, 2.45) is 10.7 Å². The van der Waals surface area contributed by atoms with Gasteiger partial charge in [0.05, 0.1) is 33.0 Å². The third-order valence-corrected chi connectivity index (χ3v) is 10.9. The van der Waals surface area contributed by atoms with E-state index in [1.807, 2.05) is 12.2 Å². The van der Waals surface area contributed by atoms with Crippen LogP contribution >= 0.6 is 12.4 Å². The second kappa shape index (κ2) is 34.3. The SMILES string of the molecule is C.C.CC(C)(C)OC([O-])=NC[C@H](NC(=O)c1ccc(C#C/C=C/c2ccc(CN3CCOCC3)cc2)cc1)C(=O)NO.Cl.NC[C@H](NC(=O)c1ccc(C#C/C=C/c2ccc(CN3CCOCC3)cc2)cc1)C(=O)NO. The van der Waals surface area contributed by atoms with E-state index in [4.69, 9.17) is 30.4 Å². The fourth-order valence-electron chi connectivity index (χ4n) is 6.96. The fourth-order valence-corrected chi connectivity index (χ4v) is 6.96. The Morgan fingerprint density at radius 3 is 1.42 bits per heavy atom. The minimum atomic E-state index is -1.27. The van der Waals surface area contributed by atoms with Crippen molar-refractivity contribution in [1.29, 1.82) is 0 Å². The lowest BCUT2D eigenvalue weighted by molar-refractivity contribution is -0.260. The Hall–Kier alpha value is -7.36. The van der Waals surface area contributed by atoms with Gasteiger partial charge in [0.15, 0.2) is 0 Å². The monoisotopic (exact) mass is 1060 g/mol. The van der Waals surface area contributed by atoms with Gasteiger partial charge in [-0.2, -0.15) is 0 Å². The maximum Gasteiger partial charge on any atom is 0.267 e. The summed E-state index contributed by atoms with van der Waals surface area (Å²) in [5, 5.41) is 34.4. The molecule has 0 aromatic heterocycles. The Kier molecular flexibility index (Phi) is 29.2. The van der Waals surface area contributed by atoms with Gasteiger partial charge in [0, 0.05) is 73.7 Å². The van der Waals surface area contributed by atoms with Crippen molar-refractivity contribution in [2.75, 3.05) is 65.7 Å². The third-order valence-electron chi connectivity index (χ3n) is 10.9. The van der Waals surface area contributed by atoms with Gasteiger partial charge in [-0.3, -0.25) is 44.4 Å². The number of rotatable bonds is 15. The molecule has 408 valence electrons. The highest BCUT2D eigenvalue weighted by Gasteiger charge is 2.22. The van der Waals surface area contributed by atoms with E-state index in [2.05, 4.69) is 97.6 Å². The van der Waals surface area contributed by atoms with E-state index in [0.717, 1.165) is 82.4 Å². The van der Waals surface area contributed by atoms with Gasteiger partial charge in [0.1, 0.15) is 18.2 Å². The lowest BCUT2D eigenvalue weighted by Gasteiger charge is -2.29. The predicted octanol–water partition coefficient (Wildman–Crippen LogP) is 4.56. The highest BCUT2D eigenvalue weighted by molar-refractivity contribution is 5.98. The zero-order valence-electron chi connectivity index (χ0n) is 41.7. The number of benzene rings is 4. The number of nitrogens with one attached hydrogen (secondary N) is 4. The number of ether oxygens (including phenoxy) is 3. The van der Waals surface area contributed by atoms with Crippen LogP contribution in [0.1, 0.15) is 89.7 Å². The fraction of sp³-hybridized carbons (Fsp3) is 0.351. The van der Waals surface area contributed by atoms with Crippen molar-refractivity contribution in [3.8, 4) is 23.7 Å². The minimum absolute atomic E-state index is 0. The smallest absolute Gasteiger partial charge is 0.267 e. The van der Waals surface area contributed by atoms with Crippen molar-refractivity contribution in [1.82, 2.24) is 31.4 Å². The second-order valence-electron chi connectivity index (χ2n) is 17.7. The quantitative estimate of drug-likeness (QED) is 0.0284. The zero-order valence-corrected chi connectivity index (χ0v) is 42.5. The summed E-state index contributed by atoms with van der Waals surface area (Å²) in [6.07, 6.45) is 6.56. The first-order chi connectivity index (χ1) is 35.2. The molecule has 0 saturated carbocycles. The summed E-state index contributed by atoms with van der Waals surface area (Å²) in [6.45, 7) is 13.4. The minimum Gasteiger partial charge on any atom is -0.595 e. The highest BCUT2D eigenvalue weighted by Crippen LogP contribution is 2.13. The predicted molar refractivity (Wildman–Crippen MR) is 295 cm³/mol.